The molecular weight excluding hydrogens is 466 g/mol. The Balaban J connectivity index is 1.58. The van der Waals surface area contributed by atoms with Gasteiger partial charge in [0.25, 0.3) is 0 Å². The van der Waals surface area contributed by atoms with Crippen molar-refractivity contribution in [2.24, 2.45) is 0 Å². The summed E-state index contributed by atoms with van der Waals surface area (Å²) in [6.45, 7) is 0. The lowest BCUT2D eigenvalue weighted by atomic mass is 10.2. The first-order valence-corrected chi connectivity index (χ1v) is 12.5. The van der Waals surface area contributed by atoms with Gasteiger partial charge in [-0.15, -0.1) is 0 Å². The Bertz CT molecular complexity index is 1600. The number of methoxy groups -OCH3 is 1. The normalized spacial score (nSPS) is 11.4. The van der Waals surface area contributed by atoms with Crippen molar-refractivity contribution in [2.45, 2.75) is 4.90 Å². The minimum Gasteiger partial charge on any atom is -0.493 e. The summed E-state index contributed by atoms with van der Waals surface area (Å²) in [6, 6.07) is 22.6. The van der Waals surface area contributed by atoms with Crippen LogP contribution in [0.5, 0.6) is 28.7 Å². The molecule has 0 amide bonds. The van der Waals surface area contributed by atoms with Crippen LogP contribution in [0, 0.1) is 0 Å². The molecule has 2 heterocycles. The number of sulfone groups is 1. The lowest BCUT2D eigenvalue weighted by Gasteiger charge is -2.12. The van der Waals surface area contributed by atoms with E-state index in [1.165, 1.54) is 12.1 Å². The van der Waals surface area contributed by atoms with Gasteiger partial charge in [0.2, 0.25) is 0 Å². The molecule has 0 spiro atoms. The number of aromatic nitrogens is 3. The average molecular weight is 488 g/mol. The Hall–Kier alpha value is -4.37. The highest BCUT2D eigenvalue weighted by Crippen LogP contribution is 2.38. The Morgan fingerprint density at radius 1 is 0.800 bits per heavy atom. The summed E-state index contributed by atoms with van der Waals surface area (Å²) in [7, 11) is -1.72. The molecule has 0 atom stereocenters. The lowest BCUT2D eigenvalue weighted by Crippen LogP contribution is -1.96. The van der Waals surface area contributed by atoms with Crippen LogP contribution in [0.1, 0.15) is 0 Å². The molecule has 1 N–H and O–H groups in total. The summed E-state index contributed by atoms with van der Waals surface area (Å²) in [4.78, 5) is 12.6. The van der Waals surface area contributed by atoms with Crippen molar-refractivity contribution < 1.29 is 22.6 Å². The Morgan fingerprint density at radius 2 is 1.54 bits per heavy atom. The zero-order valence-corrected chi connectivity index (χ0v) is 19.7. The second-order valence-electron chi connectivity index (χ2n) is 7.72. The van der Waals surface area contributed by atoms with Crippen molar-refractivity contribution in [1.29, 1.82) is 0 Å². The highest BCUT2D eigenvalue weighted by atomic mass is 32.2. The third-order valence-corrected chi connectivity index (χ3v) is 6.34. The molecule has 0 unspecified atom stereocenters. The van der Waals surface area contributed by atoms with Gasteiger partial charge >= 0.3 is 0 Å². The molecule has 8 nitrogen and oxygen atoms in total. The molecule has 0 radical (unpaired) electrons. The molecule has 5 rings (SSSR count). The maximum Gasteiger partial charge on any atom is 0.175 e. The minimum atomic E-state index is -3.30. The van der Waals surface area contributed by atoms with Crippen molar-refractivity contribution in [3.63, 3.8) is 0 Å². The van der Waals surface area contributed by atoms with E-state index in [1.807, 2.05) is 30.3 Å². The quantitative estimate of drug-likeness (QED) is 0.318. The number of hydrogen-bond donors (Lipinski definition) is 1. The van der Waals surface area contributed by atoms with Gasteiger partial charge in [0.15, 0.2) is 32.9 Å². The molecule has 2 aromatic heterocycles. The molecule has 3 aromatic carbocycles. The van der Waals surface area contributed by atoms with Crippen LogP contribution < -0.4 is 14.2 Å². The number of para-hydroxylation sites is 2. The van der Waals surface area contributed by atoms with Crippen LogP contribution in [0.15, 0.2) is 90.0 Å². The van der Waals surface area contributed by atoms with Gasteiger partial charge in [-0.2, -0.15) is 0 Å². The van der Waals surface area contributed by atoms with Gasteiger partial charge in [-0.1, -0.05) is 18.2 Å². The van der Waals surface area contributed by atoms with E-state index < -0.39 is 9.84 Å². The van der Waals surface area contributed by atoms with Gasteiger partial charge in [-0.25, -0.2) is 13.4 Å². The van der Waals surface area contributed by atoms with Gasteiger partial charge in [0, 0.05) is 24.6 Å². The predicted molar refractivity (Wildman–Crippen MR) is 132 cm³/mol. The Kier molecular flexibility index (Phi) is 5.84. The van der Waals surface area contributed by atoms with Crippen LogP contribution in [0.2, 0.25) is 0 Å². The van der Waals surface area contributed by atoms with Crippen LogP contribution in [0.4, 0.5) is 0 Å². The third-order valence-electron chi connectivity index (χ3n) is 5.21. The van der Waals surface area contributed by atoms with Crippen molar-refractivity contribution in [3.8, 4) is 40.3 Å². The molecule has 176 valence electrons. The smallest absolute Gasteiger partial charge is 0.175 e. The summed E-state index contributed by atoms with van der Waals surface area (Å²) in [5.41, 5.74) is 1.96. The van der Waals surface area contributed by atoms with Crippen LogP contribution in [-0.2, 0) is 9.84 Å². The summed E-state index contributed by atoms with van der Waals surface area (Å²) in [6.07, 6.45) is 2.86. The first-order chi connectivity index (χ1) is 16.9. The third kappa shape index (κ3) is 4.80. The number of fused-ring (bicyclic) bond motifs is 1. The van der Waals surface area contributed by atoms with Gasteiger partial charge in [-0.3, -0.25) is 4.98 Å². The highest BCUT2D eigenvalue weighted by Gasteiger charge is 2.16. The van der Waals surface area contributed by atoms with Crippen LogP contribution in [-0.4, -0.2) is 36.7 Å². The van der Waals surface area contributed by atoms with Crippen LogP contribution >= 0.6 is 0 Å². The molecular formula is C26H21N3O5S. The number of nitrogens with zero attached hydrogens (tertiary/aromatic N) is 2. The fraction of sp³-hybridized carbons (Fsp3) is 0.0769. The number of H-pyrrole nitrogens is 1. The number of imidazole rings is 1. The summed E-state index contributed by atoms with van der Waals surface area (Å²) in [5, 5.41) is 0. The molecule has 0 bridgehead atoms. The fourth-order valence-corrected chi connectivity index (χ4v) is 4.16. The standard InChI is InChI=1S/C26H21N3O5S/c1-32-22-8-3-4-9-23(22)34-24-16-18(33-17-10-12-19(13-11-17)35(2,30)31)15-21-25(24)29-26(28-21)20-7-5-6-14-27-20/h3-16H,1-2H3,(H,28,29). The highest BCUT2D eigenvalue weighted by molar-refractivity contribution is 7.90. The first-order valence-electron chi connectivity index (χ1n) is 10.6. The van der Waals surface area contributed by atoms with Crippen LogP contribution in [0.3, 0.4) is 0 Å². The van der Waals surface area contributed by atoms with Crippen LogP contribution in [0.25, 0.3) is 22.6 Å². The molecule has 0 aliphatic rings. The summed E-state index contributed by atoms with van der Waals surface area (Å²) >= 11 is 0. The largest absolute Gasteiger partial charge is 0.493 e. The molecule has 5 aromatic rings. The molecule has 35 heavy (non-hydrogen) atoms. The van der Waals surface area contributed by atoms with Gasteiger partial charge < -0.3 is 19.2 Å². The van der Waals surface area contributed by atoms with Gasteiger partial charge in [-0.05, 0) is 48.5 Å². The number of ether oxygens (including phenoxy) is 3. The second kappa shape index (κ2) is 9.11. The zero-order chi connectivity index (χ0) is 24.4. The Labute approximate surface area is 202 Å². The fourth-order valence-electron chi connectivity index (χ4n) is 3.53. The van der Waals surface area contributed by atoms with Crippen molar-refractivity contribution in [2.75, 3.05) is 13.4 Å². The maximum atomic E-state index is 11.8. The van der Waals surface area contributed by atoms with E-state index in [0.717, 1.165) is 6.26 Å². The van der Waals surface area contributed by atoms with E-state index >= 15 is 0 Å². The number of pyridine rings is 1. The molecule has 0 saturated carbocycles. The van der Waals surface area contributed by atoms with E-state index in [0.29, 0.717) is 51.3 Å². The second-order valence-corrected chi connectivity index (χ2v) is 9.73. The average Bonchev–Trinajstić information content (AvgIpc) is 3.29. The number of hydrogen-bond acceptors (Lipinski definition) is 7. The SMILES string of the molecule is COc1ccccc1Oc1cc(Oc2ccc(S(C)(=O)=O)cc2)cc2[nH]c(-c3ccccn3)nc12. The predicted octanol–water partition coefficient (Wildman–Crippen LogP) is 5.62. The monoisotopic (exact) mass is 487 g/mol. The number of aromatic amines is 1. The molecule has 0 saturated heterocycles. The van der Waals surface area contributed by atoms with E-state index in [-0.39, 0.29) is 4.90 Å². The summed E-state index contributed by atoms with van der Waals surface area (Å²) in [5.74, 6) is 3.08. The molecule has 0 fully saturated rings. The van der Waals surface area contributed by atoms with Gasteiger partial charge in [0.05, 0.1) is 17.5 Å². The molecule has 9 heteroatoms. The van der Waals surface area contributed by atoms with E-state index in [9.17, 15) is 8.42 Å². The maximum absolute atomic E-state index is 11.8. The van der Waals surface area contributed by atoms with Crippen molar-refractivity contribution in [3.05, 3.63) is 85.1 Å². The zero-order valence-electron chi connectivity index (χ0n) is 18.9. The van der Waals surface area contributed by atoms with E-state index in [2.05, 4.69) is 9.97 Å². The Morgan fingerprint density at radius 3 is 2.23 bits per heavy atom. The van der Waals surface area contributed by atoms with Crippen molar-refractivity contribution >= 4 is 20.9 Å². The number of nitrogens with one attached hydrogen (secondary N) is 1. The molecule has 0 aliphatic carbocycles. The first kappa shape index (κ1) is 22.4. The topological polar surface area (TPSA) is 103 Å². The van der Waals surface area contributed by atoms with Gasteiger partial charge in [0.1, 0.15) is 22.7 Å². The summed E-state index contributed by atoms with van der Waals surface area (Å²) < 4.78 is 41.2. The number of benzene rings is 3. The molecule has 0 aliphatic heterocycles. The van der Waals surface area contributed by atoms with Crippen molar-refractivity contribution in [1.82, 2.24) is 15.0 Å². The van der Waals surface area contributed by atoms with E-state index in [1.54, 1.807) is 49.7 Å². The van der Waals surface area contributed by atoms with E-state index in [4.69, 9.17) is 19.2 Å². The number of rotatable bonds is 7. The lowest BCUT2D eigenvalue weighted by molar-refractivity contribution is 0.379. The minimum absolute atomic E-state index is 0.217.